The van der Waals surface area contributed by atoms with Crippen molar-refractivity contribution in [1.82, 2.24) is 10.4 Å². The van der Waals surface area contributed by atoms with Gasteiger partial charge in [-0.2, -0.15) is 0 Å². The quantitative estimate of drug-likeness (QED) is 0.0941. The first kappa shape index (κ1) is 28.1. The van der Waals surface area contributed by atoms with Crippen molar-refractivity contribution in [3.05, 3.63) is 29.5 Å². The van der Waals surface area contributed by atoms with Gasteiger partial charge in [0.05, 0.1) is 26.5 Å². The molecule has 2 atom stereocenters. The van der Waals surface area contributed by atoms with Crippen molar-refractivity contribution in [3.63, 3.8) is 0 Å². The van der Waals surface area contributed by atoms with Crippen LogP contribution in [-0.2, 0) is 28.5 Å². The third kappa shape index (κ3) is 7.78. The van der Waals surface area contributed by atoms with Gasteiger partial charge in [-0.25, -0.2) is 14.4 Å². The molecule has 0 aromatic heterocycles. The first-order valence-corrected chi connectivity index (χ1v) is 12.6. The highest BCUT2D eigenvalue weighted by Gasteiger charge is 2.58. The molecule has 4 saturated carbocycles. The van der Waals surface area contributed by atoms with Crippen LogP contribution in [0.2, 0.25) is 0 Å². The van der Waals surface area contributed by atoms with Crippen LogP contribution in [0.4, 0.5) is 4.79 Å². The number of nitrogens with one attached hydrogen (secondary N) is 1. The molecule has 202 valence electrons. The van der Waals surface area contributed by atoms with Crippen molar-refractivity contribution in [3.8, 4) is 0 Å². The highest BCUT2D eigenvalue weighted by atomic mass is 16.6. The van der Waals surface area contributed by atoms with E-state index in [1.807, 2.05) is 0 Å². The Balaban J connectivity index is 1.41. The monoisotopic (exact) mass is 507 g/mol. The van der Waals surface area contributed by atoms with E-state index >= 15 is 0 Å². The predicted octanol–water partition coefficient (Wildman–Crippen LogP) is 3.31. The van der Waals surface area contributed by atoms with Crippen molar-refractivity contribution >= 4 is 18.0 Å². The fourth-order valence-electron chi connectivity index (χ4n) is 6.47. The molecule has 0 saturated heterocycles. The van der Waals surface area contributed by atoms with Crippen LogP contribution in [0.15, 0.2) is 24.3 Å². The molecule has 4 aliphatic rings. The SMILES string of the molecule is C=C(C)C(=O)OCCNC(=O)OCC12CC3CC(CC(COCN([O-])CCOC(=O)C(=C)C)(C3)C1)C2. The lowest BCUT2D eigenvalue weighted by Crippen LogP contribution is -2.55. The predicted molar refractivity (Wildman–Crippen MR) is 131 cm³/mol. The standard InChI is InChI=1S/C26H39N2O8/c1-18(2)22(29)34-7-5-27-24(31)36-16-26-12-20-9-21(13-26)11-25(10-20,14-26)15-33-17-28(32)6-8-35-23(30)19(3)4/h20-21H,1,3,5-17H2,2,4H3,(H,27,31)/q-1. The van der Waals surface area contributed by atoms with Gasteiger partial charge in [0, 0.05) is 23.1 Å². The van der Waals surface area contributed by atoms with Crippen molar-refractivity contribution in [2.45, 2.75) is 52.4 Å². The second kappa shape index (κ2) is 12.2. The normalized spacial score (nSPS) is 28.0. The maximum Gasteiger partial charge on any atom is 0.407 e. The third-order valence-corrected chi connectivity index (χ3v) is 7.33. The van der Waals surface area contributed by atoms with Gasteiger partial charge in [-0.05, 0) is 69.6 Å². The molecule has 10 heteroatoms. The fourth-order valence-corrected chi connectivity index (χ4v) is 6.47. The lowest BCUT2D eigenvalue weighted by molar-refractivity contribution is -0.159. The molecule has 1 amide bonds. The van der Waals surface area contributed by atoms with E-state index in [0.29, 0.717) is 36.2 Å². The van der Waals surface area contributed by atoms with Crippen LogP contribution in [0.3, 0.4) is 0 Å². The second-order valence-electron chi connectivity index (χ2n) is 11.0. The zero-order chi connectivity index (χ0) is 26.3. The summed E-state index contributed by atoms with van der Waals surface area (Å²) in [7, 11) is 0. The topological polar surface area (TPSA) is 126 Å². The average Bonchev–Trinajstić information content (AvgIpc) is 2.79. The van der Waals surface area contributed by atoms with Gasteiger partial charge in [-0.1, -0.05) is 13.2 Å². The van der Waals surface area contributed by atoms with Gasteiger partial charge in [0.25, 0.3) is 0 Å². The smallest absolute Gasteiger partial charge is 0.407 e. The van der Waals surface area contributed by atoms with E-state index in [1.165, 1.54) is 6.42 Å². The molecule has 4 aliphatic carbocycles. The van der Waals surface area contributed by atoms with Crippen molar-refractivity contribution < 1.29 is 33.3 Å². The third-order valence-electron chi connectivity index (χ3n) is 7.33. The molecular formula is C26H39N2O8-. The van der Waals surface area contributed by atoms with Crippen molar-refractivity contribution in [2.24, 2.45) is 22.7 Å². The number of alkyl carbamates (subject to hydrolysis) is 1. The van der Waals surface area contributed by atoms with Gasteiger partial charge in [0.15, 0.2) is 0 Å². The number of rotatable bonds is 14. The van der Waals surface area contributed by atoms with Crippen LogP contribution < -0.4 is 5.32 Å². The first-order chi connectivity index (χ1) is 17.0. The molecule has 36 heavy (non-hydrogen) atoms. The Kier molecular flexibility index (Phi) is 9.54. The lowest BCUT2D eigenvalue weighted by atomic mass is 9.44. The molecule has 0 spiro atoms. The number of esters is 2. The molecule has 4 rings (SSSR count). The number of hydroxylamine groups is 2. The highest BCUT2D eigenvalue weighted by molar-refractivity contribution is 5.87. The minimum Gasteiger partial charge on any atom is -0.783 e. The van der Waals surface area contributed by atoms with E-state index in [9.17, 15) is 19.6 Å². The van der Waals surface area contributed by atoms with Crippen LogP contribution >= 0.6 is 0 Å². The zero-order valence-electron chi connectivity index (χ0n) is 21.5. The molecule has 0 radical (unpaired) electrons. The summed E-state index contributed by atoms with van der Waals surface area (Å²) in [5, 5.41) is 15.5. The maximum absolute atomic E-state index is 12.2. The lowest BCUT2D eigenvalue weighted by Gasteiger charge is -2.61. The van der Waals surface area contributed by atoms with Crippen LogP contribution in [0.5, 0.6) is 0 Å². The van der Waals surface area contributed by atoms with Crippen molar-refractivity contribution in [1.29, 1.82) is 0 Å². The summed E-state index contributed by atoms with van der Waals surface area (Å²) in [5.74, 6) is 0.156. The number of carbonyl (C=O) groups excluding carboxylic acids is 3. The van der Waals surface area contributed by atoms with Gasteiger partial charge in [-0.15, -0.1) is 0 Å². The van der Waals surface area contributed by atoms with E-state index in [1.54, 1.807) is 13.8 Å². The fraction of sp³-hybridized carbons (Fsp3) is 0.731. The van der Waals surface area contributed by atoms with Gasteiger partial charge in [0.1, 0.15) is 13.2 Å². The first-order valence-electron chi connectivity index (χ1n) is 12.6. The van der Waals surface area contributed by atoms with E-state index in [2.05, 4.69) is 18.5 Å². The van der Waals surface area contributed by atoms with E-state index in [0.717, 1.165) is 37.2 Å². The van der Waals surface area contributed by atoms with Crippen LogP contribution in [0.25, 0.3) is 0 Å². The van der Waals surface area contributed by atoms with Gasteiger partial charge < -0.3 is 34.5 Å². The average molecular weight is 508 g/mol. The number of carbonyl (C=O) groups is 3. The molecule has 10 nitrogen and oxygen atoms in total. The minimum atomic E-state index is -0.517. The Labute approximate surface area is 212 Å². The van der Waals surface area contributed by atoms with Crippen LogP contribution in [0, 0.1) is 27.9 Å². The molecule has 0 aromatic carbocycles. The molecular weight excluding hydrogens is 468 g/mol. The summed E-state index contributed by atoms with van der Waals surface area (Å²) in [4.78, 5) is 35.0. The summed E-state index contributed by atoms with van der Waals surface area (Å²) in [6.07, 6.45) is 5.81. The summed E-state index contributed by atoms with van der Waals surface area (Å²) < 4.78 is 21.4. The van der Waals surface area contributed by atoms with Gasteiger partial charge in [-0.3, -0.25) is 0 Å². The number of ether oxygens (including phenoxy) is 4. The summed E-state index contributed by atoms with van der Waals surface area (Å²) in [5.41, 5.74) is 0.535. The zero-order valence-corrected chi connectivity index (χ0v) is 21.5. The molecule has 2 unspecified atom stereocenters. The Bertz CT molecular complexity index is 843. The minimum absolute atomic E-state index is 0.00602. The largest absolute Gasteiger partial charge is 0.783 e. The van der Waals surface area contributed by atoms with E-state index in [-0.39, 0.29) is 43.9 Å². The van der Waals surface area contributed by atoms with Gasteiger partial charge in [0.2, 0.25) is 0 Å². The summed E-state index contributed by atoms with van der Waals surface area (Å²) >= 11 is 0. The Morgan fingerprint density at radius 1 is 0.917 bits per heavy atom. The van der Waals surface area contributed by atoms with Gasteiger partial charge >= 0.3 is 18.0 Å². The molecule has 1 N–H and O–H groups in total. The Morgan fingerprint density at radius 2 is 1.47 bits per heavy atom. The highest BCUT2D eigenvalue weighted by Crippen LogP contribution is 2.65. The van der Waals surface area contributed by atoms with Crippen LogP contribution in [0.1, 0.15) is 52.4 Å². The number of hydrogen-bond acceptors (Lipinski definition) is 9. The maximum atomic E-state index is 12.2. The molecule has 4 fully saturated rings. The van der Waals surface area contributed by atoms with E-state index in [4.69, 9.17) is 18.9 Å². The molecule has 0 heterocycles. The number of nitrogens with zero attached hydrogens (tertiary/aromatic N) is 1. The molecule has 4 bridgehead atoms. The number of amides is 1. The Hall–Kier alpha value is -2.43. The summed E-state index contributed by atoms with van der Waals surface area (Å²) in [6, 6.07) is 0. The number of hydrogen-bond donors (Lipinski definition) is 1. The molecule has 0 aromatic rings. The second-order valence-corrected chi connectivity index (χ2v) is 11.0. The Morgan fingerprint density at radius 3 is 2.06 bits per heavy atom. The van der Waals surface area contributed by atoms with E-state index < -0.39 is 18.0 Å². The summed E-state index contributed by atoms with van der Waals surface area (Å²) in [6.45, 7) is 11.2. The van der Waals surface area contributed by atoms with Crippen molar-refractivity contribution in [2.75, 3.05) is 46.2 Å². The molecule has 0 aliphatic heterocycles. The van der Waals surface area contributed by atoms with Crippen LogP contribution in [-0.4, -0.2) is 69.3 Å².